The van der Waals surface area contributed by atoms with E-state index in [-0.39, 0.29) is 11.8 Å². The molecular formula is C29H23N3O2. The summed E-state index contributed by atoms with van der Waals surface area (Å²) in [5.41, 5.74) is 11.2. The van der Waals surface area contributed by atoms with E-state index in [1.807, 2.05) is 60.7 Å². The summed E-state index contributed by atoms with van der Waals surface area (Å²) in [7, 11) is 0. The maximum Gasteiger partial charge on any atom is 0.261 e. The predicted molar refractivity (Wildman–Crippen MR) is 136 cm³/mol. The minimum atomic E-state index is -0.209. The molecule has 5 aromatic rings. The highest BCUT2D eigenvalue weighted by Gasteiger charge is 2.32. The Morgan fingerprint density at radius 2 is 1.35 bits per heavy atom. The maximum absolute atomic E-state index is 13.1. The van der Waals surface area contributed by atoms with Crippen LogP contribution in [0, 0.1) is 0 Å². The van der Waals surface area contributed by atoms with Gasteiger partial charge in [0.05, 0.1) is 0 Å². The monoisotopic (exact) mass is 445 g/mol. The Bertz CT molecular complexity index is 1530. The largest absolute Gasteiger partial charge is 0.399 e. The van der Waals surface area contributed by atoms with Crippen molar-refractivity contribution in [1.82, 2.24) is 9.47 Å². The standard InChI is InChI=1S/C29H23N3O2/c30-23-11-8-19(9-12-23)21-10-13-26-22(18-21)14-17-31(26)15-3-16-32-28(33)24-6-1-4-20-5-2-7-25(27(20)24)29(32)34/h1-2,4-14,17-18H,3,15-16,30H2. The van der Waals surface area contributed by atoms with E-state index in [4.69, 9.17) is 5.73 Å². The fraction of sp³-hybridized carbons (Fsp3) is 0.103. The Morgan fingerprint density at radius 3 is 2.06 bits per heavy atom. The molecule has 5 heteroatoms. The van der Waals surface area contributed by atoms with Crippen LogP contribution in [0.15, 0.2) is 91.1 Å². The fourth-order valence-corrected chi connectivity index (χ4v) is 4.93. The SMILES string of the molecule is Nc1ccc(-c2ccc3c(ccn3CCCN3C(=O)c4cccc5cccc(c45)C3=O)c2)cc1. The van der Waals surface area contributed by atoms with Gasteiger partial charge in [-0.15, -0.1) is 0 Å². The normalized spacial score (nSPS) is 13.2. The van der Waals surface area contributed by atoms with Crippen molar-refractivity contribution in [2.75, 3.05) is 12.3 Å². The topological polar surface area (TPSA) is 68.3 Å². The van der Waals surface area contributed by atoms with Gasteiger partial charge < -0.3 is 10.3 Å². The Balaban J connectivity index is 1.20. The van der Waals surface area contributed by atoms with Crippen LogP contribution in [-0.4, -0.2) is 27.8 Å². The third-order valence-corrected chi connectivity index (χ3v) is 6.65. The number of hydrogen-bond acceptors (Lipinski definition) is 3. The average molecular weight is 446 g/mol. The summed E-state index contributed by atoms with van der Waals surface area (Å²) in [5.74, 6) is -0.417. The summed E-state index contributed by atoms with van der Waals surface area (Å²) in [5, 5.41) is 2.85. The van der Waals surface area contributed by atoms with Gasteiger partial charge in [-0.2, -0.15) is 0 Å². The van der Waals surface area contributed by atoms with Crippen LogP contribution >= 0.6 is 0 Å². The molecular weight excluding hydrogens is 422 g/mol. The van der Waals surface area contributed by atoms with Gasteiger partial charge in [0.1, 0.15) is 0 Å². The molecule has 0 spiro atoms. The minimum Gasteiger partial charge on any atom is -0.399 e. The first-order chi connectivity index (χ1) is 16.6. The van der Waals surface area contributed by atoms with Crippen LogP contribution in [0.1, 0.15) is 27.1 Å². The highest BCUT2D eigenvalue weighted by Crippen LogP contribution is 2.30. The van der Waals surface area contributed by atoms with Gasteiger partial charge >= 0.3 is 0 Å². The number of benzene rings is 4. The number of anilines is 1. The van der Waals surface area contributed by atoms with Crippen LogP contribution in [0.4, 0.5) is 5.69 Å². The van der Waals surface area contributed by atoms with Crippen LogP contribution in [0.3, 0.4) is 0 Å². The molecule has 166 valence electrons. The number of imide groups is 1. The third kappa shape index (κ3) is 3.25. The Labute approximate surface area is 197 Å². The number of nitrogens with two attached hydrogens (primary N) is 1. The zero-order valence-electron chi connectivity index (χ0n) is 18.6. The van der Waals surface area contributed by atoms with Crippen LogP contribution in [0.2, 0.25) is 0 Å². The van der Waals surface area contributed by atoms with Gasteiger partial charge in [0.15, 0.2) is 0 Å². The molecule has 0 unspecified atom stereocenters. The number of nitrogen functional groups attached to an aromatic ring is 1. The summed E-state index contributed by atoms with van der Waals surface area (Å²) in [6.45, 7) is 1.10. The lowest BCUT2D eigenvalue weighted by atomic mass is 9.94. The molecule has 4 aromatic carbocycles. The number of hydrogen-bond donors (Lipinski definition) is 1. The quantitative estimate of drug-likeness (QED) is 0.277. The van der Waals surface area contributed by atoms with Crippen molar-refractivity contribution < 1.29 is 9.59 Å². The molecule has 0 fully saturated rings. The molecule has 5 nitrogen and oxygen atoms in total. The van der Waals surface area contributed by atoms with Gasteiger partial charge in [-0.1, -0.05) is 42.5 Å². The smallest absolute Gasteiger partial charge is 0.261 e. The maximum atomic E-state index is 13.1. The molecule has 2 amide bonds. The third-order valence-electron chi connectivity index (χ3n) is 6.65. The van der Waals surface area contributed by atoms with Crippen molar-refractivity contribution >= 4 is 39.2 Å². The molecule has 1 aliphatic heterocycles. The van der Waals surface area contributed by atoms with Crippen LogP contribution < -0.4 is 5.73 Å². The number of aromatic nitrogens is 1. The first-order valence-electron chi connectivity index (χ1n) is 11.4. The summed E-state index contributed by atoms with van der Waals surface area (Å²) in [6, 6.07) is 27.6. The van der Waals surface area contributed by atoms with Crippen LogP contribution in [0.5, 0.6) is 0 Å². The van der Waals surface area contributed by atoms with Crippen LogP contribution in [0.25, 0.3) is 32.8 Å². The Hall–Kier alpha value is -4.38. The van der Waals surface area contributed by atoms with Crippen molar-refractivity contribution in [3.05, 3.63) is 102 Å². The zero-order valence-corrected chi connectivity index (χ0v) is 18.6. The van der Waals surface area contributed by atoms with E-state index in [1.54, 1.807) is 0 Å². The number of nitrogens with zero attached hydrogens (tertiary/aromatic N) is 2. The minimum absolute atomic E-state index is 0.209. The summed E-state index contributed by atoms with van der Waals surface area (Å²) < 4.78 is 2.18. The van der Waals surface area contributed by atoms with E-state index >= 15 is 0 Å². The first kappa shape index (κ1) is 20.2. The molecule has 34 heavy (non-hydrogen) atoms. The zero-order chi connectivity index (χ0) is 23.2. The van der Waals surface area contributed by atoms with E-state index in [2.05, 4.69) is 35.0 Å². The molecule has 6 rings (SSSR count). The number of amides is 2. The second kappa shape index (κ2) is 7.89. The molecule has 1 aliphatic rings. The van der Waals surface area contributed by atoms with Crippen LogP contribution in [-0.2, 0) is 6.54 Å². The first-order valence-corrected chi connectivity index (χ1v) is 11.4. The second-order valence-electron chi connectivity index (χ2n) is 8.73. The number of carbonyl (C=O) groups excluding carboxylic acids is 2. The van der Waals surface area contributed by atoms with E-state index < -0.39 is 0 Å². The summed E-state index contributed by atoms with van der Waals surface area (Å²) in [4.78, 5) is 27.6. The highest BCUT2D eigenvalue weighted by atomic mass is 16.2. The highest BCUT2D eigenvalue weighted by molar-refractivity contribution is 6.25. The van der Waals surface area contributed by atoms with Crippen molar-refractivity contribution in [1.29, 1.82) is 0 Å². The van der Waals surface area contributed by atoms with Crippen molar-refractivity contribution in [3.63, 3.8) is 0 Å². The Kier molecular flexibility index (Phi) is 4.69. The predicted octanol–water partition coefficient (Wildman–Crippen LogP) is 5.73. The number of rotatable bonds is 5. The number of fused-ring (bicyclic) bond motifs is 1. The fourth-order valence-electron chi connectivity index (χ4n) is 4.93. The molecule has 2 heterocycles. The van der Waals surface area contributed by atoms with Crippen molar-refractivity contribution in [2.45, 2.75) is 13.0 Å². The summed E-state index contributed by atoms with van der Waals surface area (Å²) >= 11 is 0. The van der Waals surface area contributed by atoms with Gasteiger partial charge in [0.25, 0.3) is 11.8 Å². The lowest BCUT2D eigenvalue weighted by molar-refractivity contribution is 0.0607. The van der Waals surface area contributed by atoms with Gasteiger partial charge in [0.2, 0.25) is 0 Å². The van der Waals surface area contributed by atoms with E-state index in [1.165, 1.54) is 4.90 Å². The molecule has 0 saturated carbocycles. The van der Waals surface area contributed by atoms with E-state index in [9.17, 15) is 9.59 Å². The molecule has 2 N–H and O–H groups in total. The van der Waals surface area contributed by atoms with Crippen molar-refractivity contribution in [2.24, 2.45) is 0 Å². The Morgan fingerprint density at radius 1 is 0.676 bits per heavy atom. The van der Waals surface area contributed by atoms with E-state index in [0.717, 1.165) is 38.5 Å². The van der Waals surface area contributed by atoms with Gasteiger partial charge in [0, 0.05) is 52.4 Å². The van der Waals surface area contributed by atoms with Gasteiger partial charge in [-0.25, -0.2) is 0 Å². The lowest BCUT2D eigenvalue weighted by Crippen LogP contribution is -2.41. The van der Waals surface area contributed by atoms with Crippen molar-refractivity contribution in [3.8, 4) is 11.1 Å². The average Bonchev–Trinajstić information content (AvgIpc) is 3.27. The van der Waals surface area contributed by atoms with Gasteiger partial charge in [-0.3, -0.25) is 14.5 Å². The van der Waals surface area contributed by atoms with E-state index in [0.29, 0.717) is 30.6 Å². The molecule has 0 bridgehead atoms. The molecule has 0 radical (unpaired) electrons. The second-order valence-corrected chi connectivity index (χ2v) is 8.73. The number of aryl methyl sites for hydroxylation is 1. The van der Waals surface area contributed by atoms with Gasteiger partial charge in [-0.05, 0) is 65.4 Å². The number of carbonyl (C=O) groups is 2. The molecule has 0 atom stereocenters. The molecule has 0 aliphatic carbocycles. The molecule has 0 saturated heterocycles. The summed E-state index contributed by atoms with van der Waals surface area (Å²) in [6.07, 6.45) is 2.74. The lowest BCUT2D eigenvalue weighted by Gasteiger charge is -2.27. The molecule has 1 aromatic heterocycles.